The third-order valence-electron chi connectivity index (χ3n) is 5.02. The maximum absolute atomic E-state index is 12.8. The molecule has 0 amide bonds. The number of aryl methyl sites for hydroxylation is 1. The van der Waals surface area contributed by atoms with Crippen molar-refractivity contribution in [2.45, 2.75) is 20.4 Å². The fraction of sp³-hybridized carbons (Fsp3) is 0.421. The van der Waals surface area contributed by atoms with Gasteiger partial charge in [-0.1, -0.05) is 6.92 Å². The fourth-order valence-corrected chi connectivity index (χ4v) is 3.69. The van der Waals surface area contributed by atoms with Crippen LogP contribution < -0.4 is 20.9 Å². The van der Waals surface area contributed by atoms with Crippen LogP contribution in [0, 0.1) is 5.92 Å². The molecule has 1 aliphatic heterocycles. The van der Waals surface area contributed by atoms with Gasteiger partial charge in [-0.05, 0) is 37.1 Å². The molecule has 1 atom stereocenters. The van der Waals surface area contributed by atoms with Gasteiger partial charge in [0, 0.05) is 32.9 Å². The quantitative estimate of drug-likeness (QED) is 0.701. The fourth-order valence-electron chi connectivity index (χ4n) is 3.69. The van der Waals surface area contributed by atoms with Crippen molar-refractivity contribution >= 4 is 22.8 Å². The first kappa shape index (κ1) is 17.4. The Balaban J connectivity index is 1.92. The lowest BCUT2D eigenvalue weighted by Crippen LogP contribution is -2.38. The average Bonchev–Trinajstić information content (AvgIpc) is 3.04. The van der Waals surface area contributed by atoms with Crippen LogP contribution >= 0.6 is 0 Å². The lowest BCUT2D eigenvalue weighted by molar-refractivity contribution is 0.340. The molecule has 4 rings (SSSR count). The van der Waals surface area contributed by atoms with Gasteiger partial charge in [0.2, 0.25) is 5.95 Å². The van der Waals surface area contributed by atoms with E-state index in [1.165, 1.54) is 11.6 Å². The minimum atomic E-state index is -0.372. The van der Waals surface area contributed by atoms with Crippen LogP contribution in [-0.4, -0.2) is 31.8 Å². The first-order valence-electron chi connectivity index (χ1n) is 9.09. The highest BCUT2D eigenvalue weighted by atomic mass is 16.5. The molecule has 0 radical (unpaired) electrons. The molecular formula is C19H23N5O3. The number of ether oxygens (including phenoxy) is 1. The summed E-state index contributed by atoms with van der Waals surface area (Å²) < 4.78 is 10.0. The van der Waals surface area contributed by atoms with Crippen molar-refractivity contribution in [3.63, 3.8) is 0 Å². The molecule has 0 aliphatic carbocycles. The van der Waals surface area contributed by atoms with Crippen LogP contribution in [0.25, 0.3) is 11.2 Å². The Bertz CT molecular complexity index is 1120. The van der Waals surface area contributed by atoms with E-state index in [-0.39, 0.29) is 11.2 Å². The van der Waals surface area contributed by atoms with Crippen molar-refractivity contribution in [2.75, 3.05) is 18.1 Å². The standard InChI is InChI=1S/C19H23N5O3/c1-5-27-14-8-6-13(7-9-14)23-10-12(2)11-24-15-16(20-18(23)24)21(3)19(26)22(4)17(15)25/h6-9,12H,5,10-11H2,1-4H3/t12-/m0/s1. The zero-order chi connectivity index (χ0) is 19.3. The second-order valence-corrected chi connectivity index (χ2v) is 7.04. The Hall–Kier alpha value is -3.03. The van der Waals surface area contributed by atoms with Gasteiger partial charge in [0.15, 0.2) is 11.2 Å². The van der Waals surface area contributed by atoms with E-state index >= 15 is 0 Å². The Labute approximate surface area is 156 Å². The molecule has 142 valence electrons. The Kier molecular flexibility index (Phi) is 4.05. The van der Waals surface area contributed by atoms with Gasteiger partial charge < -0.3 is 14.2 Å². The lowest BCUT2D eigenvalue weighted by Gasteiger charge is -2.33. The van der Waals surface area contributed by atoms with Gasteiger partial charge in [-0.15, -0.1) is 0 Å². The predicted molar refractivity (Wildman–Crippen MR) is 104 cm³/mol. The number of nitrogens with zero attached hydrogens (tertiary/aromatic N) is 5. The van der Waals surface area contributed by atoms with E-state index in [0.717, 1.165) is 22.5 Å². The first-order valence-corrected chi connectivity index (χ1v) is 9.09. The van der Waals surface area contributed by atoms with Crippen molar-refractivity contribution in [1.29, 1.82) is 0 Å². The van der Waals surface area contributed by atoms with Crippen LogP contribution in [0.4, 0.5) is 11.6 Å². The molecule has 0 bridgehead atoms. The predicted octanol–water partition coefficient (Wildman–Crippen LogP) is 1.62. The molecule has 1 aliphatic rings. The van der Waals surface area contributed by atoms with Gasteiger partial charge in [-0.2, -0.15) is 4.98 Å². The van der Waals surface area contributed by atoms with Crippen LogP contribution in [0.3, 0.4) is 0 Å². The molecule has 8 nitrogen and oxygen atoms in total. The number of hydrogen-bond acceptors (Lipinski definition) is 5. The molecule has 1 aromatic carbocycles. The highest BCUT2D eigenvalue weighted by Crippen LogP contribution is 2.33. The maximum atomic E-state index is 12.8. The van der Waals surface area contributed by atoms with Gasteiger partial charge in [0.05, 0.1) is 6.61 Å². The van der Waals surface area contributed by atoms with Crippen LogP contribution in [0.1, 0.15) is 13.8 Å². The molecule has 0 unspecified atom stereocenters. The van der Waals surface area contributed by atoms with Gasteiger partial charge in [-0.25, -0.2) is 4.79 Å². The van der Waals surface area contributed by atoms with E-state index in [0.29, 0.717) is 36.2 Å². The normalized spacial score (nSPS) is 16.6. The summed E-state index contributed by atoms with van der Waals surface area (Å²) in [7, 11) is 3.15. The highest BCUT2D eigenvalue weighted by molar-refractivity contribution is 5.77. The molecule has 0 fully saturated rings. The summed E-state index contributed by atoms with van der Waals surface area (Å²) in [6, 6.07) is 7.84. The van der Waals surface area contributed by atoms with Gasteiger partial charge in [0.25, 0.3) is 5.56 Å². The molecule has 27 heavy (non-hydrogen) atoms. The number of anilines is 2. The van der Waals surface area contributed by atoms with Crippen molar-refractivity contribution in [3.8, 4) is 5.75 Å². The summed E-state index contributed by atoms with van der Waals surface area (Å²) in [5.41, 5.74) is 1.18. The van der Waals surface area contributed by atoms with Gasteiger partial charge in [-0.3, -0.25) is 13.9 Å². The summed E-state index contributed by atoms with van der Waals surface area (Å²) >= 11 is 0. The van der Waals surface area contributed by atoms with Crippen LogP contribution in [0.15, 0.2) is 33.9 Å². The second-order valence-electron chi connectivity index (χ2n) is 7.04. The molecule has 0 saturated heterocycles. The van der Waals surface area contributed by atoms with Gasteiger partial charge in [0.1, 0.15) is 5.75 Å². The van der Waals surface area contributed by atoms with E-state index in [9.17, 15) is 9.59 Å². The minimum Gasteiger partial charge on any atom is -0.494 e. The van der Waals surface area contributed by atoms with Crippen molar-refractivity contribution in [1.82, 2.24) is 18.7 Å². The van der Waals surface area contributed by atoms with Crippen LogP contribution in [0.2, 0.25) is 0 Å². The summed E-state index contributed by atoms with van der Waals surface area (Å²) in [5.74, 6) is 1.82. The topological polar surface area (TPSA) is 74.3 Å². The van der Waals surface area contributed by atoms with Gasteiger partial charge >= 0.3 is 5.69 Å². The summed E-state index contributed by atoms with van der Waals surface area (Å²) in [4.78, 5) is 31.8. The third-order valence-corrected chi connectivity index (χ3v) is 5.02. The monoisotopic (exact) mass is 369 g/mol. The number of hydrogen-bond donors (Lipinski definition) is 0. The Morgan fingerprint density at radius 3 is 2.48 bits per heavy atom. The summed E-state index contributed by atoms with van der Waals surface area (Å²) in [6.45, 7) is 6.18. The lowest BCUT2D eigenvalue weighted by atomic mass is 10.1. The van der Waals surface area contributed by atoms with Crippen LogP contribution in [0.5, 0.6) is 5.75 Å². The molecule has 0 saturated carbocycles. The number of imidazole rings is 1. The van der Waals surface area contributed by atoms with Crippen LogP contribution in [-0.2, 0) is 20.6 Å². The molecular weight excluding hydrogens is 346 g/mol. The third kappa shape index (κ3) is 2.63. The zero-order valence-electron chi connectivity index (χ0n) is 16.0. The zero-order valence-corrected chi connectivity index (χ0v) is 16.0. The van der Waals surface area contributed by atoms with E-state index in [1.54, 1.807) is 7.05 Å². The minimum absolute atomic E-state index is 0.312. The SMILES string of the molecule is CCOc1ccc(N2C[C@H](C)Cn3c2nc2c3c(=O)n(C)c(=O)n2C)cc1. The molecule has 0 spiro atoms. The average molecular weight is 369 g/mol. The van der Waals surface area contributed by atoms with E-state index in [2.05, 4.69) is 16.8 Å². The number of rotatable bonds is 3. The number of benzene rings is 1. The van der Waals surface area contributed by atoms with E-state index in [1.807, 2.05) is 35.8 Å². The van der Waals surface area contributed by atoms with E-state index < -0.39 is 0 Å². The maximum Gasteiger partial charge on any atom is 0.332 e. The Morgan fingerprint density at radius 2 is 1.81 bits per heavy atom. The largest absolute Gasteiger partial charge is 0.494 e. The Morgan fingerprint density at radius 1 is 1.11 bits per heavy atom. The number of aromatic nitrogens is 4. The second kappa shape index (κ2) is 6.29. The van der Waals surface area contributed by atoms with Crippen molar-refractivity contribution in [2.24, 2.45) is 20.0 Å². The van der Waals surface area contributed by atoms with E-state index in [4.69, 9.17) is 4.74 Å². The summed E-state index contributed by atoms with van der Waals surface area (Å²) in [5, 5.41) is 0. The van der Waals surface area contributed by atoms with Crippen molar-refractivity contribution < 1.29 is 4.74 Å². The first-order chi connectivity index (χ1) is 12.9. The molecule has 3 heterocycles. The molecule has 0 N–H and O–H groups in total. The smallest absolute Gasteiger partial charge is 0.332 e. The highest BCUT2D eigenvalue weighted by Gasteiger charge is 2.29. The molecule has 3 aromatic rings. The molecule has 2 aromatic heterocycles. The number of fused-ring (bicyclic) bond motifs is 3. The summed E-state index contributed by atoms with van der Waals surface area (Å²) in [6.07, 6.45) is 0. The molecule has 8 heteroatoms. The van der Waals surface area contributed by atoms with Crippen molar-refractivity contribution in [3.05, 3.63) is 45.1 Å².